The zero-order valence-electron chi connectivity index (χ0n) is 14.7. The van der Waals surface area contributed by atoms with Crippen molar-refractivity contribution in [2.24, 2.45) is 5.92 Å². The van der Waals surface area contributed by atoms with Crippen LogP contribution in [-0.2, 0) is 14.3 Å². The molecule has 7 heteroatoms. The molecule has 1 aliphatic rings. The van der Waals surface area contributed by atoms with Gasteiger partial charge in [-0.2, -0.15) is 0 Å². The van der Waals surface area contributed by atoms with Gasteiger partial charge in [0.1, 0.15) is 0 Å². The van der Waals surface area contributed by atoms with E-state index in [2.05, 4.69) is 10.6 Å². The summed E-state index contributed by atoms with van der Waals surface area (Å²) < 4.78 is 4.78. The van der Waals surface area contributed by atoms with Gasteiger partial charge in [0.25, 0.3) is 0 Å². The first-order chi connectivity index (χ1) is 12.0. The topological polar surface area (TPSA) is 87.7 Å². The lowest BCUT2D eigenvalue weighted by atomic mass is 10.1. The molecule has 0 radical (unpaired) electrons. The van der Waals surface area contributed by atoms with Crippen LogP contribution in [0.4, 0.5) is 10.5 Å². The molecule has 0 saturated carbocycles. The molecule has 1 fully saturated rings. The van der Waals surface area contributed by atoms with Crippen LogP contribution in [0.2, 0.25) is 0 Å². The van der Waals surface area contributed by atoms with E-state index in [9.17, 15) is 14.4 Å². The third kappa shape index (κ3) is 5.77. The smallest absolute Gasteiger partial charge is 0.314 e. The maximum atomic E-state index is 12.2. The number of carbonyl (C=O) groups is 3. The number of amides is 3. The largest absolute Gasteiger partial charge is 0.466 e. The first kappa shape index (κ1) is 18.8. The van der Waals surface area contributed by atoms with E-state index in [1.54, 1.807) is 11.8 Å². The minimum Gasteiger partial charge on any atom is -0.466 e. The van der Waals surface area contributed by atoms with Crippen molar-refractivity contribution in [2.45, 2.75) is 26.7 Å². The Bertz CT molecular complexity index is 615. The zero-order chi connectivity index (χ0) is 18.2. The highest BCUT2D eigenvalue weighted by molar-refractivity contribution is 5.95. The molecule has 1 aromatic carbocycles. The highest BCUT2D eigenvalue weighted by atomic mass is 16.5. The molecular formula is C18H25N3O4. The Hall–Kier alpha value is -2.57. The Kier molecular flexibility index (Phi) is 6.80. The highest BCUT2D eigenvalue weighted by Crippen LogP contribution is 2.24. The summed E-state index contributed by atoms with van der Waals surface area (Å²) in [5.74, 6) is -0.194. The first-order valence-electron chi connectivity index (χ1n) is 8.54. The van der Waals surface area contributed by atoms with Gasteiger partial charge in [0.2, 0.25) is 5.91 Å². The van der Waals surface area contributed by atoms with Crippen LogP contribution in [0.5, 0.6) is 0 Å². The summed E-state index contributed by atoms with van der Waals surface area (Å²) in [5, 5.41) is 5.36. The molecule has 1 heterocycles. The lowest BCUT2D eigenvalue weighted by molar-refractivity contribution is -0.142. The average molecular weight is 347 g/mol. The summed E-state index contributed by atoms with van der Waals surface area (Å²) in [4.78, 5) is 36.8. The number of ether oxygens (including phenoxy) is 1. The Morgan fingerprint density at radius 2 is 1.96 bits per heavy atom. The van der Waals surface area contributed by atoms with Crippen molar-refractivity contribution in [1.29, 1.82) is 0 Å². The van der Waals surface area contributed by atoms with Crippen molar-refractivity contribution in [3.05, 3.63) is 29.8 Å². The fourth-order valence-corrected chi connectivity index (χ4v) is 2.70. The second kappa shape index (κ2) is 9.05. The van der Waals surface area contributed by atoms with Crippen molar-refractivity contribution in [2.75, 3.05) is 31.1 Å². The monoisotopic (exact) mass is 347 g/mol. The van der Waals surface area contributed by atoms with Gasteiger partial charge in [0, 0.05) is 37.7 Å². The van der Waals surface area contributed by atoms with Crippen molar-refractivity contribution in [3.63, 3.8) is 0 Å². The van der Waals surface area contributed by atoms with Crippen LogP contribution in [-0.4, -0.2) is 44.1 Å². The third-order valence-electron chi connectivity index (χ3n) is 4.02. The number of nitrogens with zero attached hydrogens (tertiary/aromatic N) is 1. The number of anilines is 1. The van der Waals surface area contributed by atoms with Gasteiger partial charge in [-0.05, 0) is 26.0 Å². The maximum absolute atomic E-state index is 12.2. The van der Waals surface area contributed by atoms with Gasteiger partial charge in [-0.1, -0.05) is 17.7 Å². The van der Waals surface area contributed by atoms with Crippen LogP contribution in [0, 0.1) is 12.8 Å². The Balaban J connectivity index is 1.71. The molecule has 1 aliphatic heterocycles. The fourth-order valence-electron chi connectivity index (χ4n) is 2.70. The van der Waals surface area contributed by atoms with Gasteiger partial charge in [0.15, 0.2) is 0 Å². The van der Waals surface area contributed by atoms with Crippen molar-refractivity contribution in [1.82, 2.24) is 10.6 Å². The summed E-state index contributed by atoms with van der Waals surface area (Å²) in [6, 6.07) is 7.48. The van der Waals surface area contributed by atoms with Crippen LogP contribution in [0.25, 0.3) is 0 Å². The molecular weight excluding hydrogens is 322 g/mol. The Morgan fingerprint density at radius 1 is 1.24 bits per heavy atom. The predicted molar refractivity (Wildman–Crippen MR) is 94.3 cm³/mol. The normalized spacial score (nSPS) is 16.6. The zero-order valence-corrected chi connectivity index (χ0v) is 14.7. The number of benzene rings is 1. The van der Waals surface area contributed by atoms with Crippen molar-refractivity contribution in [3.8, 4) is 0 Å². The second-order valence-electron chi connectivity index (χ2n) is 6.10. The molecule has 1 aromatic rings. The third-order valence-corrected chi connectivity index (χ3v) is 4.02. The van der Waals surface area contributed by atoms with E-state index in [4.69, 9.17) is 4.74 Å². The molecule has 2 N–H and O–H groups in total. The van der Waals surface area contributed by atoms with Crippen LogP contribution in [0.1, 0.15) is 25.3 Å². The summed E-state index contributed by atoms with van der Waals surface area (Å²) in [5.41, 5.74) is 2.03. The number of esters is 1. The second-order valence-corrected chi connectivity index (χ2v) is 6.10. The van der Waals surface area contributed by atoms with E-state index >= 15 is 0 Å². The first-order valence-corrected chi connectivity index (χ1v) is 8.54. The lowest BCUT2D eigenvalue weighted by Gasteiger charge is -2.17. The molecule has 136 valence electrons. The quantitative estimate of drug-likeness (QED) is 0.734. The van der Waals surface area contributed by atoms with Gasteiger partial charge < -0.3 is 20.3 Å². The lowest BCUT2D eigenvalue weighted by Crippen LogP contribution is -2.39. The van der Waals surface area contributed by atoms with Gasteiger partial charge in [-0.15, -0.1) is 0 Å². The number of hydrogen-bond donors (Lipinski definition) is 2. The molecule has 3 amide bonds. The molecule has 25 heavy (non-hydrogen) atoms. The SMILES string of the molecule is CCOC(=O)CCNC(=O)NC[C@H]1CC(=O)N(c2ccc(C)cc2)C1. The van der Waals surface area contributed by atoms with Gasteiger partial charge in [-0.3, -0.25) is 9.59 Å². The maximum Gasteiger partial charge on any atom is 0.314 e. The highest BCUT2D eigenvalue weighted by Gasteiger charge is 2.30. The number of rotatable bonds is 7. The summed E-state index contributed by atoms with van der Waals surface area (Å²) in [6.45, 7) is 5.30. The Labute approximate surface area is 147 Å². The van der Waals surface area contributed by atoms with Gasteiger partial charge in [-0.25, -0.2) is 4.79 Å². The van der Waals surface area contributed by atoms with Crippen molar-refractivity contribution < 1.29 is 19.1 Å². The fraction of sp³-hybridized carbons (Fsp3) is 0.500. The molecule has 0 bridgehead atoms. The number of aryl methyl sites for hydroxylation is 1. The van der Waals surface area contributed by atoms with Crippen LogP contribution in [0.3, 0.4) is 0 Å². The summed E-state index contributed by atoms with van der Waals surface area (Å²) >= 11 is 0. The van der Waals surface area contributed by atoms with E-state index in [1.165, 1.54) is 0 Å². The molecule has 1 saturated heterocycles. The summed E-state index contributed by atoms with van der Waals surface area (Å²) in [6.07, 6.45) is 0.557. The van der Waals surface area contributed by atoms with E-state index in [0.717, 1.165) is 11.3 Å². The number of nitrogens with one attached hydrogen (secondary N) is 2. The van der Waals surface area contributed by atoms with Crippen molar-refractivity contribution >= 4 is 23.6 Å². The minimum atomic E-state index is -0.342. The predicted octanol–water partition coefficient (Wildman–Crippen LogP) is 1.60. The molecule has 7 nitrogen and oxygen atoms in total. The standard InChI is InChI=1S/C18H25N3O4/c1-3-25-17(23)8-9-19-18(24)20-11-14-10-16(22)21(12-14)15-6-4-13(2)5-7-15/h4-7,14H,3,8-12H2,1-2H3,(H2,19,20,24)/t14-/m1/s1. The van der Waals surface area contributed by atoms with Gasteiger partial charge in [0.05, 0.1) is 13.0 Å². The molecule has 2 rings (SSSR count). The Morgan fingerprint density at radius 3 is 2.64 bits per heavy atom. The molecule has 0 spiro atoms. The summed E-state index contributed by atoms with van der Waals surface area (Å²) in [7, 11) is 0. The average Bonchev–Trinajstić information content (AvgIpc) is 2.95. The van der Waals surface area contributed by atoms with Crippen LogP contribution < -0.4 is 15.5 Å². The number of hydrogen-bond acceptors (Lipinski definition) is 4. The van der Waals surface area contributed by atoms with E-state index in [-0.39, 0.29) is 36.8 Å². The molecule has 0 aromatic heterocycles. The molecule has 0 unspecified atom stereocenters. The van der Waals surface area contributed by atoms with Crippen LogP contribution in [0.15, 0.2) is 24.3 Å². The molecule has 1 atom stereocenters. The van der Waals surface area contributed by atoms with E-state index in [0.29, 0.717) is 26.1 Å². The molecule has 0 aliphatic carbocycles. The van der Waals surface area contributed by atoms with E-state index in [1.807, 2.05) is 31.2 Å². The van der Waals surface area contributed by atoms with Gasteiger partial charge >= 0.3 is 12.0 Å². The number of urea groups is 1. The van der Waals surface area contributed by atoms with E-state index < -0.39 is 0 Å². The van der Waals surface area contributed by atoms with Crippen LogP contribution >= 0.6 is 0 Å². The minimum absolute atomic E-state index is 0.0679. The number of carbonyl (C=O) groups excluding carboxylic acids is 3.